The number of aliphatic carboxylic acids is 1. The van der Waals surface area contributed by atoms with Crippen molar-refractivity contribution < 1.29 is 35.9 Å². The smallest absolute Gasteiger partial charge is 0.331 e. The number of H-pyrrole nitrogens is 1. The fraction of sp³-hybridized carbons (Fsp3) is 0.342. The van der Waals surface area contributed by atoms with Crippen molar-refractivity contribution in [2.75, 3.05) is 11.5 Å². The van der Waals surface area contributed by atoms with Crippen LogP contribution in [-0.4, -0.2) is 50.7 Å². The number of sulfone groups is 1. The molecule has 1 atom stereocenters. The van der Waals surface area contributed by atoms with E-state index in [1.54, 1.807) is 50.4 Å². The zero-order chi connectivity index (χ0) is 38.5. The third-order valence-corrected chi connectivity index (χ3v) is 11.2. The average molecular weight is 706 g/mol. The Kier molecular flexibility index (Phi) is 8.18. The van der Waals surface area contributed by atoms with Crippen molar-refractivity contribution in [1.29, 1.82) is 0 Å². The first-order valence-corrected chi connectivity index (χ1v) is 18.0. The molecule has 0 radical (unpaired) electrons. The van der Waals surface area contributed by atoms with E-state index < -0.39 is 45.1 Å². The standard InChI is InChI=1S/C38H40F2N4O5S/c1-23(35(45)46)18-24-8-6-9-25(19-24)38(4)15-7-14-37(2,3)22-50(47,48)17-13-28-27-12-16-41-32(27)21-31(40)33(28)49-26-10-11-30(39)29(20-26)34-42-36(38)43-44(34)5/h6,8-12,16,18-21,41H,7,13-15,17,22H2,1-5H3,(H,45,46)/b23-18+/i4D3. The van der Waals surface area contributed by atoms with Crippen LogP contribution in [0.3, 0.4) is 0 Å². The molecular formula is C38H40F2N4O5S. The van der Waals surface area contributed by atoms with Crippen LogP contribution in [0.25, 0.3) is 28.4 Å². The summed E-state index contributed by atoms with van der Waals surface area (Å²) in [6.07, 6.45) is 3.47. The quantitative estimate of drug-likeness (QED) is 0.182. The number of carboxylic acids is 1. The molecule has 0 spiro atoms. The summed E-state index contributed by atoms with van der Waals surface area (Å²) in [5.41, 5.74) is -1.22. The van der Waals surface area contributed by atoms with E-state index in [0.29, 0.717) is 28.5 Å². The highest BCUT2D eigenvalue weighted by Gasteiger charge is 2.36. The largest absolute Gasteiger partial charge is 0.478 e. The Morgan fingerprint density at radius 1 is 1.12 bits per heavy atom. The summed E-state index contributed by atoms with van der Waals surface area (Å²) in [5, 5.41) is 14.7. The fourth-order valence-corrected chi connectivity index (χ4v) is 8.65. The van der Waals surface area contributed by atoms with Crippen molar-refractivity contribution >= 4 is 32.8 Å². The van der Waals surface area contributed by atoms with Gasteiger partial charge >= 0.3 is 5.97 Å². The number of fused-ring (bicyclic) bond motifs is 8. The monoisotopic (exact) mass is 705 g/mol. The van der Waals surface area contributed by atoms with Crippen LogP contribution in [0.5, 0.6) is 11.5 Å². The van der Waals surface area contributed by atoms with Crippen molar-refractivity contribution in [3.63, 3.8) is 0 Å². The van der Waals surface area contributed by atoms with Gasteiger partial charge in [0.05, 0.1) is 22.5 Å². The van der Waals surface area contributed by atoms with Gasteiger partial charge in [-0.05, 0) is 79.9 Å². The second kappa shape index (κ2) is 13.1. The number of aromatic nitrogens is 4. The molecule has 2 N–H and O–H groups in total. The average Bonchev–Trinajstić information content (AvgIpc) is 3.68. The van der Waals surface area contributed by atoms with E-state index in [4.69, 9.17) is 13.8 Å². The van der Waals surface area contributed by atoms with E-state index in [2.05, 4.69) is 10.1 Å². The number of nitrogens with one attached hydrogen (secondary N) is 1. The van der Waals surface area contributed by atoms with Gasteiger partial charge in [-0.25, -0.2) is 31.7 Å². The molecule has 1 unspecified atom stereocenters. The van der Waals surface area contributed by atoms with Crippen molar-refractivity contribution in [3.05, 3.63) is 101 Å². The Morgan fingerprint density at radius 2 is 1.92 bits per heavy atom. The minimum Gasteiger partial charge on any atom is -0.478 e. The summed E-state index contributed by atoms with van der Waals surface area (Å²) in [5.74, 6) is -3.44. The summed E-state index contributed by atoms with van der Waals surface area (Å²) < 4.78 is 93.1. The molecular weight excluding hydrogens is 663 g/mol. The molecule has 3 heterocycles. The molecule has 9 nitrogen and oxygen atoms in total. The zero-order valence-corrected chi connectivity index (χ0v) is 29.0. The summed E-state index contributed by atoms with van der Waals surface area (Å²) in [7, 11) is -2.23. The van der Waals surface area contributed by atoms with Crippen LogP contribution >= 0.6 is 0 Å². The van der Waals surface area contributed by atoms with E-state index in [0.717, 1.165) is 6.07 Å². The SMILES string of the molecule is [2H]C([2H])([2H])C1(c2cccc(/C=C(\C)C(=O)O)c2)CCCC(C)(C)CS(=O)(=O)CCc2c(c(F)cc3[nH]ccc23)Oc2ccc(F)c(c2)-c2nc1nn2C. The van der Waals surface area contributed by atoms with Gasteiger partial charge in [-0.3, -0.25) is 0 Å². The van der Waals surface area contributed by atoms with E-state index in [9.17, 15) is 18.3 Å². The van der Waals surface area contributed by atoms with Gasteiger partial charge < -0.3 is 14.8 Å². The molecule has 262 valence electrons. The molecule has 50 heavy (non-hydrogen) atoms. The van der Waals surface area contributed by atoms with Crippen LogP contribution in [0.15, 0.2) is 66.4 Å². The number of carboxylic acid groups (broad SMARTS) is 1. The van der Waals surface area contributed by atoms with Crippen LogP contribution in [0.1, 0.15) is 73.5 Å². The van der Waals surface area contributed by atoms with Crippen molar-refractivity contribution in [2.45, 2.75) is 58.7 Å². The van der Waals surface area contributed by atoms with Gasteiger partial charge in [-0.2, -0.15) is 5.10 Å². The van der Waals surface area contributed by atoms with Gasteiger partial charge in [0.1, 0.15) is 11.6 Å². The van der Waals surface area contributed by atoms with E-state index in [1.807, 2.05) is 0 Å². The second-order valence-corrected chi connectivity index (χ2v) is 15.9. The number of hydrogen-bond acceptors (Lipinski definition) is 6. The van der Waals surface area contributed by atoms with Gasteiger partial charge in [0.2, 0.25) is 0 Å². The first-order valence-electron chi connectivity index (χ1n) is 17.7. The lowest BCUT2D eigenvalue weighted by molar-refractivity contribution is -0.132. The number of aryl methyl sites for hydroxylation is 2. The lowest BCUT2D eigenvalue weighted by Crippen LogP contribution is -2.29. The van der Waals surface area contributed by atoms with E-state index in [1.165, 1.54) is 42.9 Å². The first-order chi connectivity index (χ1) is 24.8. The minimum atomic E-state index is -3.74. The maximum atomic E-state index is 15.7. The third kappa shape index (κ3) is 7.07. The minimum absolute atomic E-state index is 0.0105. The van der Waals surface area contributed by atoms with E-state index in [-0.39, 0.29) is 70.6 Å². The number of rotatable bonds is 3. The molecule has 5 aromatic rings. The number of halogens is 2. The topological polar surface area (TPSA) is 127 Å². The molecule has 12 heteroatoms. The van der Waals surface area contributed by atoms with Crippen molar-refractivity contribution in [2.24, 2.45) is 12.5 Å². The van der Waals surface area contributed by atoms with Gasteiger partial charge in [-0.15, -0.1) is 0 Å². The molecule has 6 rings (SSSR count). The maximum Gasteiger partial charge on any atom is 0.331 e. The van der Waals surface area contributed by atoms with Crippen LogP contribution in [0.4, 0.5) is 8.78 Å². The number of hydrogen-bond donors (Lipinski definition) is 2. The van der Waals surface area contributed by atoms with Crippen LogP contribution in [0.2, 0.25) is 0 Å². The zero-order valence-electron chi connectivity index (χ0n) is 31.2. The molecule has 0 amide bonds. The Balaban J connectivity index is 1.58. The molecule has 2 aromatic heterocycles. The van der Waals surface area contributed by atoms with Gasteiger partial charge in [0.15, 0.2) is 33.1 Å². The molecule has 3 aromatic carbocycles. The Bertz CT molecular complexity index is 2370. The molecule has 1 aliphatic heterocycles. The van der Waals surface area contributed by atoms with Gasteiger partial charge in [0, 0.05) is 45.5 Å². The maximum absolute atomic E-state index is 15.7. The fourth-order valence-electron chi connectivity index (χ4n) is 6.66. The molecule has 1 aliphatic rings. The van der Waals surface area contributed by atoms with Crippen LogP contribution in [0, 0.1) is 17.0 Å². The normalized spacial score (nSPS) is 20.8. The molecule has 0 aliphatic carbocycles. The molecule has 0 fully saturated rings. The number of nitrogens with zero attached hydrogens (tertiary/aromatic N) is 3. The Morgan fingerprint density at radius 3 is 2.68 bits per heavy atom. The Hall–Kier alpha value is -4.84. The summed E-state index contributed by atoms with van der Waals surface area (Å²) >= 11 is 0. The van der Waals surface area contributed by atoms with Gasteiger partial charge in [0.25, 0.3) is 0 Å². The highest BCUT2D eigenvalue weighted by atomic mass is 32.2. The summed E-state index contributed by atoms with van der Waals surface area (Å²) in [6.45, 7) is 2.23. The number of aromatic amines is 1. The second-order valence-electron chi connectivity index (χ2n) is 13.8. The first kappa shape index (κ1) is 31.2. The number of ether oxygens (including phenoxy) is 1. The number of carbonyl (C=O) groups is 1. The Labute approximate surface area is 294 Å². The lowest BCUT2D eigenvalue weighted by atomic mass is 9.75. The van der Waals surface area contributed by atoms with E-state index >= 15 is 8.78 Å². The lowest BCUT2D eigenvalue weighted by Gasteiger charge is -2.30. The third-order valence-electron chi connectivity index (χ3n) is 9.19. The summed E-state index contributed by atoms with van der Waals surface area (Å²) in [4.78, 5) is 19.3. The van der Waals surface area contributed by atoms with Gasteiger partial charge in [-0.1, -0.05) is 44.5 Å². The molecule has 0 saturated carbocycles. The number of benzene rings is 3. The highest BCUT2D eigenvalue weighted by Crippen LogP contribution is 2.41. The summed E-state index contributed by atoms with van der Waals surface area (Å²) in [6, 6.07) is 13.2. The predicted octanol–water partition coefficient (Wildman–Crippen LogP) is 8.00. The molecule has 0 saturated heterocycles. The molecule has 4 bridgehead atoms. The van der Waals surface area contributed by atoms with Crippen molar-refractivity contribution in [3.8, 4) is 22.9 Å². The predicted molar refractivity (Wildman–Crippen MR) is 189 cm³/mol. The van der Waals surface area contributed by atoms with Crippen molar-refractivity contribution in [1.82, 2.24) is 19.7 Å². The van der Waals surface area contributed by atoms with Crippen LogP contribution in [-0.2, 0) is 33.5 Å². The highest BCUT2D eigenvalue weighted by molar-refractivity contribution is 7.91. The van der Waals surface area contributed by atoms with Crippen LogP contribution < -0.4 is 4.74 Å².